The SMILES string of the molecule is O=[S+]C1CCOCC1. The van der Waals surface area contributed by atoms with Gasteiger partial charge in [0, 0.05) is 17.1 Å². The molecule has 8 heavy (non-hydrogen) atoms. The lowest BCUT2D eigenvalue weighted by atomic mass is 10.2. The summed E-state index contributed by atoms with van der Waals surface area (Å²) in [6.07, 6.45) is 1.88. The smallest absolute Gasteiger partial charge is 0.381 e. The van der Waals surface area contributed by atoms with Crippen molar-refractivity contribution in [2.75, 3.05) is 13.2 Å². The van der Waals surface area contributed by atoms with Crippen LogP contribution in [-0.4, -0.2) is 18.5 Å². The maximum Gasteiger partial charge on any atom is 0.462 e. The first-order chi connectivity index (χ1) is 3.93. The van der Waals surface area contributed by atoms with Gasteiger partial charge >= 0.3 is 11.7 Å². The van der Waals surface area contributed by atoms with Crippen LogP contribution in [0.15, 0.2) is 0 Å². The van der Waals surface area contributed by atoms with E-state index in [0.29, 0.717) is 16.9 Å². The van der Waals surface area contributed by atoms with Gasteiger partial charge in [0.2, 0.25) is 5.25 Å². The van der Waals surface area contributed by atoms with Crippen molar-refractivity contribution in [2.45, 2.75) is 18.1 Å². The average Bonchev–Trinajstić information content (AvgIpc) is 1.90. The van der Waals surface area contributed by atoms with E-state index >= 15 is 0 Å². The minimum Gasteiger partial charge on any atom is -0.381 e. The Kier molecular flexibility index (Phi) is 2.36. The van der Waals surface area contributed by atoms with Crippen LogP contribution in [0.5, 0.6) is 0 Å². The summed E-state index contributed by atoms with van der Waals surface area (Å²) in [6, 6.07) is 0. The van der Waals surface area contributed by atoms with Gasteiger partial charge in [-0.3, -0.25) is 0 Å². The molecule has 1 fully saturated rings. The highest BCUT2D eigenvalue weighted by atomic mass is 32.1. The zero-order valence-electron chi connectivity index (χ0n) is 4.63. The van der Waals surface area contributed by atoms with E-state index in [-0.39, 0.29) is 0 Å². The largest absolute Gasteiger partial charge is 0.462 e. The molecule has 0 aliphatic carbocycles. The monoisotopic (exact) mass is 133 g/mol. The Morgan fingerprint density at radius 1 is 1.38 bits per heavy atom. The highest BCUT2D eigenvalue weighted by Gasteiger charge is 2.24. The van der Waals surface area contributed by atoms with Gasteiger partial charge in [0.25, 0.3) is 0 Å². The Bertz CT molecular complexity index is 78.5. The molecule has 1 heterocycles. The van der Waals surface area contributed by atoms with Gasteiger partial charge in [-0.1, -0.05) is 0 Å². The van der Waals surface area contributed by atoms with Gasteiger partial charge in [-0.15, -0.1) is 0 Å². The van der Waals surface area contributed by atoms with Crippen molar-refractivity contribution < 1.29 is 8.95 Å². The maximum absolute atomic E-state index is 10.1. The van der Waals surface area contributed by atoms with Crippen LogP contribution in [0.3, 0.4) is 0 Å². The lowest BCUT2D eigenvalue weighted by molar-refractivity contribution is 0.0995. The molecule has 1 rings (SSSR count). The Morgan fingerprint density at radius 3 is 2.38 bits per heavy atom. The minimum absolute atomic E-state index is 0.323. The molecule has 46 valence electrons. The lowest BCUT2D eigenvalue weighted by Gasteiger charge is -2.08. The highest BCUT2D eigenvalue weighted by molar-refractivity contribution is 7.66. The quantitative estimate of drug-likeness (QED) is 0.489. The van der Waals surface area contributed by atoms with Crippen molar-refractivity contribution in [2.24, 2.45) is 0 Å². The fraction of sp³-hybridized carbons (Fsp3) is 1.00. The van der Waals surface area contributed by atoms with Crippen LogP contribution in [0.25, 0.3) is 0 Å². The molecular weight excluding hydrogens is 124 g/mol. The van der Waals surface area contributed by atoms with Crippen molar-refractivity contribution in [3.05, 3.63) is 0 Å². The summed E-state index contributed by atoms with van der Waals surface area (Å²) in [5, 5.41) is 0.323. The van der Waals surface area contributed by atoms with Crippen LogP contribution in [0.2, 0.25) is 0 Å². The van der Waals surface area contributed by atoms with E-state index in [2.05, 4.69) is 0 Å². The highest BCUT2D eigenvalue weighted by Crippen LogP contribution is 2.06. The van der Waals surface area contributed by atoms with Gasteiger partial charge in [-0.05, 0) is 0 Å². The minimum atomic E-state index is 0.323. The van der Waals surface area contributed by atoms with Crippen LogP contribution in [-0.2, 0) is 20.6 Å². The number of ether oxygens (including phenoxy) is 1. The molecule has 0 amide bonds. The third-order valence-electron chi connectivity index (χ3n) is 1.30. The second-order valence-corrected chi connectivity index (χ2v) is 2.77. The van der Waals surface area contributed by atoms with Gasteiger partial charge < -0.3 is 4.74 Å². The van der Waals surface area contributed by atoms with Gasteiger partial charge in [-0.25, -0.2) is 0 Å². The molecule has 1 aliphatic rings. The second kappa shape index (κ2) is 3.10. The fourth-order valence-corrected chi connectivity index (χ4v) is 1.16. The molecule has 0 atom stereocenters. The average molecular weight is 133 g/mol. The van der Waals surface area contributed by atoms with E-state index in [1.807, 2.05) is 0 Å². The van der Waals surface area contributed by atoms with Crippen molar-refractivity contribution in [1.82, 2.24) is 0 Å². The molecule has 2 nitrogen and oxygen atoms in total. The van der Waals surface area contributed by atoms with E-state index in [1.165, 1.54) is 0 Å². The Hall–Kier alpha value is -0.0200. The van der Waals surface area contributed by atoms with Crippen LogP contribution in [0.4, 0.5) is 0 Å². The predicted molar refractivity (Wildman–Crippen MR) is 31.9 cm³/mol. The topological polar surface area (TPSA) is 26.3 Å². The van der Waals surface area contributed by atoms with Crippen LogP contribution >= 0.6 is 0 Å². The summed E-state index contributed by atoms with van der Waals surface area (Å²) >= 11 is 0.716. The zero-order chi connectivity index (χ0) is 5.82. The van der Waals surface area contributed by atoms with Gasteiger partial charge in [-0.2, -0.15) is 0 Å². The van der Waals surface area contributed by atoms with Crippen LogP contribution < -0.4 is 0 Å². The third kappa shape index (κ3) is 1.49. The molecule has 1 saturated heterocycles. The maximum atomic E-state index is 10.1. The summed E-state index contributed by atoms with van der Waals surface area (Å²) < 4.78 is 15.2. The predicted octanol–water partition coefficient (Wildman–Crippen LogP) is 0.593. The molecule has 0 unspecified atom stereocenters. The van der Waals surface area contributed by atoms with E-state index in [9.17, 15) is 4.21 Å². The van der Waals surface area contributed by atoms with Crippen LogP contribution in [0, 0.1) is 0 Å². The molecule has 0 aromatic heterocycles. The summed E-state index contributed by atoms with van der Waals surface area (Å²) in [7, 11) is 0. The molecule has 0 N–H and O–H groups in total. The third-order valence-corrected chi connectivity index (χ3v) is 2.05. The van der Waals surface area contributed by atoms with E-state index < -0.39 is 0 Å². The molecule has 0 saturated carbocycles. The molecule has 0 spiro atoms. The summed E-state index contributed by atoms with van der Waals surface area (Å²) in [5.41, 5.74) is 0. The van der Waals surface area contributed by atoms with Gasteiger partial charge in [0.15, 0.2) is 0 Å². The summed E-state index contributed by atoms with van der Waals surface area (Å²) in [4.78, 5) is 0. The van der Waals surface area contributed by atoms with Crippen molar-refractivity contribution in [3.8, 4) is 0 Å². The first-order valence-corrected chi connectivity index (χ1v) is 3.60. The number of rotatable bonds is 1. The zero-order valence-corrected chi connectivity index (χ0v) is 5.45. The van der Waals surface area contributed by atoms with Gasteiger partial charge in [0.05, 0.1) is 13.2 Å². The van der Waals surface area contributed by atoms with Crippen LogP contribution in [0.1, 0.15) is 12.8 Å². The van der Waals surface area contributed by atoms with Crippen molar-refractivity contribution in [1.29, 1.82) is 0 Å². The van der Waals surface area contributed by atoms with Crippen molar-refractivity contribution in [3.63, 3.8) is 0 Å². The number of hydrogen-bond donors (Lipinski definition) is 0. The fourth-order valence-electron chi connectivity index (χ4n) is 0.772. The lowest BCUT2D eigenvalue weighted by Crippen LogP contribution is -2.18. The Morgan fingerprint density at radius 2 is 2.00 bits per heavy atom. The Balaban J connectivity index is 2.22. The molecule has 3 heteroatoms. The van der Waals surface area contributed by atoms with E-state index in [0.717, 1.165) is 26.1 Å². The summed E-state index contributed by atoms with van der Waals surface area (Å²) in [5.74, 6) is 0. The standard InChI is InChI=1S/C5H9O2S/c6-8-5-1-3-7-4-2-5/h5H,1-4H2/q+1. The number of hydrogen-bond acceptors (Lipinski definition) is 2. The summed E-state index contributed by atoms with van der Waals surface area (Å²) in [6.45, 7) is 1.56. The van der Waals surface area contributed by atoms with Crippen molar-refractivity contribution >= 4 is 11.7 Å². The Labute approximate surface area is 52.7 Å². The molecule has 0 bridgehead atoms. The first-order valence-electron chi connectivity index (χ1n) is 2.80. The van der Waals surface area contributed by atoms with Gasteiger partial charge in [0.1, 0.15) is 0 Å². The van der Waals surface area contributed by atoms with E-state index in [1.54, 1.807) is 0 Å². The molecule has 1 aliphatic heterocycles. The molecule has 0 aromatic carbocycles. The molecule has 0 radical (unpaired) electrons. The second-order valence-electron chi connectivity index (χ2n) is 1.91. The molecular formula is C5H9O2S+. The first kappa shape index (κ1) is 6.11. The molecule has 0 aromatic rings. The van der Waals surface area contributed by atoms with E-state index in [4.69, 9.17) is 4.74 Å². The normalized spacial score (nSPS) is 23.0.